The van der Waals surface area contributed by atoms with Gasteiger partial charge in [0.05, 0.1) is 0 Å². The van der Waals surface area contributed by atoms with Gasteiger partial charge in [0, 0.05) is 0 Å². The monoisotopic (exact) mass is 202 g/mol. The lowest BCUT2D eigenvalue weighted by molar-refractivity contribution is 0.651. The van der Waals surface area contributed by atoms with Gasteiger partial charge < -0.3 is 4.12 Å². The van der Waals surface area contributed by atoms with Gasteiger partial charge in [-0.25, -0.2) is 0 Å². The number of hydrogen-bond acceptors (Lipinski definition) is 1. The number of allylic oxidation sites excluding steroid dienone is 1. The molecule has 0 amide bonds. The van der Waals surface area contributed by atoms with Crippen LogP contribution in [0.25, 0.3) is 0 Å². The highest BCUT2D eigenvalue weighted by atomic mass is 28.3. The topological polar surface area (TPSA) is 9.23 Å². The lowest BCUT2D eigenvalue weighted by atomic mass is 10.2. The van der Waals surface area contributed by atoms with Crippen molar-refractivity contribution < 1.29 is 4.12 Å². The first-order valence-electron chi connectivity index (χ1n) is 5.00. The molecule has 0 aromatic carbocycles. The molecule has 12 heavy (non-hydrogen) atoms. The smallest absolute Gasteiger partial charge is 0.184 e. The molecule has 0 aliphatic rings. The summed E-state index contributed by atoms with van der Waals surface area (Å²) in [5.41, 5.74) is 2.30. The molecule has 0 N–H and O–H groups in total. The highest BCUT2D eigenvalue weighted by Gasteiger charge is 1.92. The molecule has 0 aromatic heterocycles. The molecule has 72 valence electrons. The first-order chi connectivity index (χ1) is 5.81. The Morgan fingerprint density at radius 2 is 2.08 bits per heavy atom. The van der Waals surface area contributed by atoms with Gasteiger partial charge in [-0.1, -0.05) is 38.0 Å². The largest absolute Gasteiger partial charge is 0.463 e. The van der Waals surface area contributed by atoms with Gasteiger partial charge in [-0.05, 0) is 19.4 Å². The van der Waals surface area contributed by atoms with Gasteiger partial charge >= 0.3 is 0 Å². The second-order valence-corrected chi connectivity index (χ2v) is 6.90. The van der Waals surface area contributed by atoms with Crippen LogP contribution in [-0.4, -0.2) is 19.5 Å². The Morgan fingerprint density at radius 1 is 1.33 bits per heavy atom. The third kappa shape index (κ3) is 8.23. The van der Waals surface area contributed by atoms with Crippen molar-refractivity contribution in [1.29, 1.82) is 0 Å². The van der Waals surface area contributed by atoms with E-state index in [0.29, 0.717) is 0 Å². The van der Waals surface area contributed by atoms with Crippen molar-refractivity contribution in [2.45, 2.75) is 45.6 Å². The molecule has 0 aromatic rings. The summed E-state index contributed by atoms with van der Waals surface area (Å²) in [4.78, 5) is 0. The molecule has 0 saturated heterocycles. The Hall–Kier alpha value is 0.134. The first-order valence-corrected chi connectivity index (χ1v) is 8.11. The summed E-state index contributed by atoms with van der Waals surface area (Å²) in [7, 11) is 0.0446. The molecule has 0 spiro atoms. The molecular formula is C9H22OSi2. The predicted octanol–water partition coefficient (Wildman–Crippen LogP) is 1.70. The fourth-order valence-electron chi connectivity index (χ4n) is 1.06. The molecule has 0 radical (unpaired) electrons. The van der Waals surface area contributed by atoms with Gasteiger partial charge in [0.15, 0.2) is 9.04 Å². The van der Waals surface area contributed by atoms with Crippen molar-refractivity contribution in [1.82, 2.24) is 0 Å². The van der Waals surface area contributed by atoms with E-state index < -0.39 is 9.04 Å². The highest BCUT2D eigenvalue weighted by Crippen LogP contribution is 2.03. The number of hydrogen-bond donors (Lipinski definition) is 0. The predicted molar refractivity (Wildman–Crippen MR) is 61.9 cm³/mol. The minimum absolute atomic E-state index is 0.859. The maximum Gasteiger partial charge on any atom is 0.184 e. The maximum atomic E-state index is 5.37. The van der Waals surface area contributed by atoms with Crippen molar-refractivity contribution in [2.24, 2.45) is 0 Å². The summed E-state index contributed by atoms with van der Waals surface area (Å²) in [6, 6.07) is 0. The normalized spacial score (nSPS) is 14.2. The summed E-state index contributed by atoms with van der Waals surface area (Å²) in [5, 5.41) is 0. The summed E-state index contributed by atoms with van der Waals surface area (Å²) in [6.45, 7) is 4.48. The molecule has 0 aliphatic carbocycles. The minimum atomic E-state index is -0.859. The van der Waals surface area contributed by atoms with Crippen LogP contribution in [-0.2, 0) is 4.12 Å². The Labute approximate surface area is 81.5 Å². The fraction of sp³-hybridized carbons (Fsp3) is 0.778. The average molecular weight is 202 g/mol. The average Bonchev–Trinajstić information content (AvgIpc) is 2.10. The summed E-state index contributed by atoms with van der Waals surface area (Å²) >= 11 is 0. The third-order valence-corrected chi connectivity index (χ3v) is 5.79. The molecule has 3 heteroatoms. The molecule has 0 rings (SSSR count). The van der Waals surface area contributed by atoms with Crippen LogP contribution in [0, 0.1) is 0 Å². The maximum absolute atomic E-state index is 5.37. The van der Waals surface area contributed by atoms with Crippen LogP contribution in [0.15, 0.2) is 11.8 Å². The van der Waals surface area contributed by atoms with Crippen molar-refractivity contribution in [3.8, 4) is 0 Å². The number of unbranched alkanes of at least 4 members (excludes halogenated alkanes) is 4. The van der Waals surface area contributed by atoms with Gasteiger partial charge in [-0.2, -0.15) is 0 Å². The van der Waals surface area contributed by atoms with E-state index in [1.165, 1.54) is 32.1 Å². The Balaban J connectivity index is 3.12. The first kappa shape index (κ1) is 12.1. The van der Waals surface area contributed by atoms with Crippen molar-refractivity contribution in [3.05, 3.63) is 11.8 Å². The van der Waals surface area contributed by atoms with Crippen LogP contribution in [0.2, 0.25) is 6.55 Å². The summed E-state index contributed by atoms with van der Waals surface area (Å²) in [6.07, 6.45) is 9.02. The Morgan fingerprint density at radius 3 is 2.67 bits per heavy atom. The molecule has 0 fully saturated rings. The van der Waals surface area contributed by atoms with E-state index >= 15 is 0 Å². The lowest BCUT2D eigenvalue weighted by Gasteiger charge is -1.99. The zero-order valence-electron chi connectivity index (χ0n) is 8.68. The second kappa shape index (κ2) is 9.22. The Bertz CT molecular complexity index is 115. The van der Waals surface area contributed by atoms with Crippen LogP contribution in [0.5, 0.6) is 0 Å². The van der Waals surface area contributed by atoms with Crippen molar-refractivity contribution in [2.75, 3.05) is 0 Å². The SMILES string of the molecule is CCCCCCC=C[SiH](C)O[SiH3]. The minimum Gasteiger partial charge on any atom is -0.463 e. The van der Waals surface area contributed by atoms with Gasteiger partial charge in [0.2, 0.25) is 0 Å². The quantitative estimate of drug-likeness (QED) is 0.451. The van der Waals surface area contributed by atoms with E-state index in [0.717, 1.165) is 10.5 Å². The molecule has 0 heterocycles. The molecular weight excluding hydrogens is 180 g/mol. The van der Waals surface area contributed by atoms with Gasteiger partial charge in [0.25, 0.3) is 0 Å². The fourth-order valence-corrected chi connectivity index (χ4v) is 2.26. The van der Waals surface area contributed by atoms with E-state index in [-0.39, 0.29) is 0 Å². The van der Waals surface area contributed by atoms with E-state index in [1.807, 2.05) is 0 Å². The summed E-state index contributed by atoms with van der Waals surface area (Å²) < 4.78 is 5.37. The van der Waals surface area contributed by atoms with Gasteiger partial charge in [-0.15, -0.1) is 0 Å². The van der Waals surface area contributed by atoms with Crippen molar-refractivity contribution in [3.63, 3.8) is 0 Å². The van der Waals surface area contributed by atoms with E-state index in [4.69, 9.17) is 4.12 Å². The molecule has 1 unspecified atom stereocenters. The summed E-state index contributed by atoms with van der Waals surface area (Å²) in [5.74, 6) is 0. The molecule has 1 atom stereocenters. The van der Waals surface area contributed by atoms with Crippen LogP contribution in [0.3, 0.4) is 0 Å². The second-order valence-electron chi connectivity index (χ2n) is 3.22. The third-order valence-electron chi connectivity index (χ3n) is 2.00. The highest BCUT2D eigenvalue weighted by molar-refractivity contribution is 6.59. The standard InChI is InChI=1S/C9H22OSi2/c1-3-4-5-6-7-8-9-12(2)10-11/h8-9,12H,3-7H2,1-2,11H3. The van der Waals surface area contributed by atoms with Crippen molar-refractivity contribution >= 4 is 19.5 Å². The zero-order valence-corrected chi connectivity index (χ0v) is 11.8. The van der Waals surface area contributed by atoms with E-state index in [1.54, 1.807) is 0 Å². The van der Waals surface area contributed by atoms with E-state index in [2.05, 4.69) is 25.2 Å². The molecule has 0 saturated carbocycles. The zero-order chi connectivity index (χ0) is 9.23. The van der Waals surface area contributed by atoms with Crippen LogP contribution in [0.4, 0.5) is 0 Å². The molecule has 0 bridgehead atoms. The van der Waals surface area contributed by atoms with Crippen LogP contribution >= 0.6 is 0 Å². The van der Waals surface area contributed by atoms with E-state index in [9.17, 15) is 0 Å². The number of rotatable bonds is 7. The van der Waals surface area contributed by atoms with Gasteiger partial charge in [-0.3, -0.25) is 0 Å². The van der Waals surface area contributed by atoms with Gasteiger partial charge in [0.1, 0.15) is 10.5 Å². The molecule has 1 nitrogen and oxygen atoms in total. The molecule has 0 aliphatic heterocycles. The van der Waals surface area contributed by atoms with Crippen LogP contribution in [0.1, 0.15) is 39.0 Å². The van der Waals surface area contributed by atoms with Crippen LogP contribution < -0.4 is 0 Å². The lowest BCUT2D eigenvalue weighted by Crippen LogP contribution is -2.06. The Kier molecular flexibility index (Phi) is 9.33.